The van der Waals surface area contributed by atoms with Gasteiger partial charge in [-0.1, -0.05) is 24.3 Å². The van der Waals surface area contributed by atoms with Crippen LogP contribution in [0.25, 0.3) is 11.3 Å². The summed E-state index contributed by atoms with van der Waals surface area (Å²) in [5.41, 5.74) is 1.69. The van der Waals surface area contributed by atoms with E-state index in [4.69, 9.17) is 4.42 Å². The molecule has 2 aromatic rings. The Bertz CT molecular complexity index is 562. The zero-order valence-corrected chi connectivity index (χ0v) is 12.2. The molecule has 0 aliphatic rings. The Morgan fingerprint density at radius 1 is 1.24 bits per heavy atom. The lowest BCUT2D eigenvalue weighted by molar-refractivity contribution is 0.172. The lowest BCUT2D eigenvalue weighted by Gasteiger charge is -2.14. The van der Waals surface area contributed by atoms with E-state index in [1.807, 2.05) is 50.2 Å². The molecule has 0 bridgehead atoms. The number of aliphatic hydroxyl groups excluding tert-OH is 1. The standard InChI is InChI=1S/C16H20N2O3/c1-11(2)18-16(20)17-10-14(19)12-5-7-13(8-6-12)15-4-3-9-21-15/h3-9,11,14,19H,10H2,1-2H3,(H2,17,18,20). The molecule has 5 nitrogen and oxygen atoms in total. The van der Waals surface area contributed by atoms with E-state index in [1.54, 1.807) is 6.26 Å². The van der Waals surface area contributed by atoms with Crippen molar-refractivity contribution < 1.29 is 14.3 Å². The van der Waals surface area contributed by atoms with E-state index < -0.39 is 6.10 Å². The topological polar surface area (TPSA) is 74.5 Å². The molecule has 2 rings (SSSR count). The van der Waals surface area contributed by atoms with Crippen molar-refractivity contribution in [2.24, 2.45) is 0 Å². The molecule has 0 fully saturated rings. The highest BCUT2D eigenvalue weighted by atomic mass is 16.3. The molecule has 0 spiro atoms. The van der Waals surface area contributed by atoms with Gasteiger partial charge in [-0.15, -0.1) is 0 Å². The summed E-state index contributed by atoms with van der Waals surface area (Å²) in [6.45, 7) is 3.92. The van der Waals surface area contributed by atoms with Crippen LogP contribution in [0.15, 0.2) is 47.1 Å². The van der Waals surface area contributed by atoms with Crippen LogP contribution in [0.4, 0.5) is 4.79 Å². The van der Waals surface area contributed by atoms with Crippen LogP contribution in [0.2, 0.25) is 0 Å². The lowest BCUT2D eigenvalue weighted by atomic mass is 10.1. The Kier molecular flexibility index (Phi) is 5.00. The number of hydrogen-bond donors (Lipinski definition) is 3. The number of aliphatic hydroxyl groups is 1. The van der Waals surface area contributed by atoms with Crippen molar-refractivity contribution in [3.63, 3.8) is 0 Å². The largest absolute Gasteiger partial charge is 0.464 e. The minimum absolute atomic E-state index is 0.0646. The minimum Gasteiger partial charge on any atom is -0.464 e. The van der Waals surface area contributed by atoms with E-state index in [9.17, 15) is 9.90 Å². The summed E-state index contributed by atoms with van der Waals surface area (Å²) < 4.78 is 5.31. The SMILES string of the molecule is CC(C)NC(=O)NCC(O)c1ccc(-c2ccco2)cc1. The smallest absolute Gasteiger partial charge is 0.315 e. The number of hydrogen-bond acceptors (Lipinski definition) is 3. The highest BCUT2D eigenvalue weighted by molar-refractivity contribution is 5.74. The van der Waals surface area contributed by atoms with Gasteiger partial charge in [0.05, 0.1) is 12.4 Å². The van der Waals surface area contributed by atoms with Crippen molar-refractivity contribution in [3.05, 3.63) is 48.2 Å². The molecule has 0 aliphatic heterocycles. The first kappa shape index (κ1) is 15.1. The predicted octanol–water partition coefficient (Wildman–Crippen LogP) is 2.69. The van der Waals surface area contributed by atoms with E-state index >= 15 is 0 Å². The molecule has 0 radical (unpaired) electrons. The number of rotatable bonds is 5. The quantitative estimate of drug-likeness (QED) is 0.792. The zero-order valence-electron chi connectivity index (χ0n) is 12.2. The average molecular weight is 288 g/mol. The van der Waals surface area contributed by atoms with Crippen molar-refractivity contribution >= 4 is 6.03 Å². The second kappa shape index (κ2) is 6.95. The Hall–Kier alpha value is -2.27. The van der Waals surface area contributed by atoms with Gasteiger partial charge in [-0.2, -0.15) is 0 Å². The van der Waals surface area contributed by atoms with Gasteiger partial charge in [0.15, 0.2) is 0 Å². The molecule has 0 aliphatic carbocycles. The summed E-state index contributed by atoms with van der Waals surface area (Å²) >= 11 is 0. The van der Waals surface area contributed by atoms with Gasteiger partial charge >= 0.3 is 6.03 Å². The maximum absolute atomic E-state index is 11.5. The lowest BCUT2D eigenvalue weighted by Crippen LogP contribution is -2.41. The summed E-state index contributed by atoms with van der Waals surface area (Å²) in [5.74, 6) is 0.783. The number of furan rings is 1. The number of benzene rings is 1. The molecule has 1 aromatic heterocycles. The first-order valence-electron chi connectivity index (χ1n) is 6.92. The van der Waals surface area contributed by atoms with Crippen molar-refractivity contribution in [1.29, 1.82) is 0 Å². The molecular weight excluding hydrogens is 268 g/mol. The number of nitrogens with one attached hydrogen (secondary N) is 2. The molecule has 5 heteroatoms. The van der Waals surface area contributed by atoms with E-state index in [1.165, 1.54) is 0 Å². The Labute approximate surface area is 124 Å². The predicted molar refractivity (Wildman–Crippen MR) is 80.8 cm³/mol. The maximum atomic E-state index is 11.5. The summed E-state index contributed by atoms with van der Waals surface area (Å²) in [7, 11) is 0. The van der Waals surface area contributed by atoms with Crippen LogP contribution in [0.3, 0.4) is 0 Å². The highest BCUT2D eigenvalue weighted by Gasteiger charge is 2.10. The van der Waals surface area contributed by atoms with Crippen molar-refractivity contribution in [1.82, 2.24) is 10.6 Å². The second-order valence-corrected chi connectivity index (χ2v) is 5.12. The van der Waals surface area contributed by atoms with Gasteiger partial charge in [-0.25, -0.2) is 4.79 Å². The first-order valence-corrected chi connectivity index (χ1v) is 6.92. The molecule has 112 valence electrons. The Morgan fingerprint density at radius 3 is 2.52 bits per heavy atom. The molecule has 0 saturated heterocycles. The fourth-order valence-electron chi connectivity index (χ4n) is 1.93. The van der Waals surface area contributed by atoms with Gasteiger partial charge in [-0.3, -0.25) is 0 Å². The van der Waals surface area contributed by atoms with Gasteiger partial charge in [0.1, 0.15) is 5.76 Å². The third-order valence-electron chi connectivity index (χ3n) is 2.98. The van der Waals surface area contributed by atoms with Crippen LogP contribution in [0.5, 0.6) is 0 Å². The number of amides is 2. The minimum atomic E-state index is -0.742. The summed E-state index contributed by atoms with van der Waals surface area (Å²) in [4.78, 5) is 11.5. The molecule has 0 saturated carbocycles. The van der Waals surface area contributed by atoms with Crippen LogP contribution in [0.1, 0.15) is 25.5 Å². The summed E-state index contributed by atoms with van der Waals surface area (Å²) in [6, 6.07) is 10.9. The average Bonchev–Trinajstić information content (AvgIpc) is 2.98. The van der Waals surface area contributed by atoms with Crippen molar-refractivity contribution in [3.8, 4) is 11.3 Å². The fraction of sp³-hybridized carbons (Fsp3) is 0.312. The third kappa shape index (κ3) is 4.36. The normalized spacial score (nSPS) is 12.2. The molecule has 1 unspecified atom stereocenters. The molecular formula is C16H20N2O3. The van der Waals surface area contributed by atoms with Crippen LogP contribution < -0.4 is 10.6 Å². The number of carbonyl (C=O) groups is 1. The van der Waals surface area contributed by atoms with Crippen LogP contribution in [-0.2, 0) is 0 Å². The maximum Gasteiger partial charge on any atom is 0.315 e. The van der Waals surface area contributed by atoms with E-state index in [-0.39, 0.29) is 18.6 Å². The van der Waals surface area contributed by atoms with E-state index in [0.29, 0.717) is 0 Å². The highest BCUT2D eigenvalue weighted by Crippen LogP contribution is 2.22. The van der Waals surface area contributed by atoms with Gasteiger partial charge in [0.2, 0.25) is 0 Å². The molecule has 1 heterocycles. The molecule has 21 heavy (non-hydrogen) atoms. The Balaban J connectivity index is 1.91. The summed E-state index contributed by atoms with van der Waals surface area (Å²) in [6.07, 6.45) is 0.878. The second-order valence-electron chi connectivity index (χ2n) is 5.12. The van der Waals surface area contributed by atoms with Gasteiger partial charge in [-0.05, 0) is 31.5 Å². The van der Waals surface area contributed by atoms with Gasteiger partial charge in [0, 0.05) is 18.2 Å². The summed E-state index contributed by atoms with van der Waals surface area (Å²) in [5, 5.41) is 15.4. The van der Waals surface area contributed by atoms with Crippen LogP contribution >= 0.6 is 0 Å². The fourth-order valence-corrected chi connectivity index (χ4v) is 1.93. The van der Waals surface area contributed by atoms with E-state index in [0.717, 1.165) is 16.9 Å². The number of urea groups is 1. The van der Waals surface area contributed by atoms with E-state index in [2.05, 4.69) is 10.6 Å². The van der Waals surface area contributed by atoms with Crippen LogP contribution in [-0.4, -0.2) is 23.7 Å². The Morgan fingerprint density at radius 2 is 1.95 bits per heavy atom. The third-order valence-corrected chi connectivity index (χ3v) is 2.98. The molecule has 1 atom stereocenters. The monoisotopic (exact) mass is 288 g/mol. The van der Waals surface area contributed by atoms with Gasteiger partial charge < -0.3 is 20.2 Å². The molecule has 1 aromatic carbocycles. The van der Waals surface area contributed by atoms with Crippen molar-refractivity contribution in [2.75, 3.05) is 6.54 Å². The zero-order chi connectivity index (χ0) is 15.2. The molecule has 2 amide bonds. The van der Waals surface area contributed by atoms with Crippen molar-refractivity contribution in [2.45, 2.75) is 26.0 Å². The van der Waals surface area contributed by atoms with Gasteiger partial charge in [0.25, 0.3) is 0 Å². The molecule has 3 N–H and O–H groups in total. The number of carbonyl (C=O) groups excluding carboxylic acids is 1. The van der Waals surface area contributed by atoms with Crippen LogP contribution in [0, 0.1) is 0 Å². The first-order chi connectivity index (χ1) is 10.1.